The minimum Gasteiger partial charge on any atom is -0.512 e. The first kappa shape index (κ1) is 12.8. The third-order valence-electron chi connectivity index (χ3n) is 4.07. The van der Waals surface area contributed by atoms with Crippen LogP contribution in [0.3, 0.4) is 0 Å². The Bertz CT molecular complexity index is 605. The second-order valence-corrected chi connectivity index (χ2v) is 5.40. The van der Waals surface area contributed by atoms with E-state index in [4.69, 9.17) is 5.73 Å². The van der Waals surface area contributed by atoms with Gasteiger partial charge in [0.05, 0.1) is 5.76 Å². The van der Waals surface area contributed by atoms with Crippen LogP contribution in [0.4, 0.5) is 5.69 Å². The van der Waals surface area contributed by atoms with Crippen molar-refractivity contribution >= 4 is 11.3 Å². The lowest BCUT2D eigenvalue weighted by Crippen LogP contribution is -2.17. The minimum absolute atomic E-state index is 0.223. The number of nitrogens with two attached hydrogens (primary N) is 1. The third kappa shape index (κ3) is 2.55. The number of hydrogen-bond donors (Lipinski definition) is 2. The zero-order valence-electron chi connectivity index (χ0n) is 11.4. The zero-order valence-corrected chi connectivity index (χ0v) is 11.4. The molecule has 2 heteroatoms. The molecule has 2 atom stereocenters. The highest BCUT2D eigenvalue weighted by atomic mass is 16.3. The van der Waals surface area contributed by atoms with E-state index in [-0.39, 0.29) is 5.92 Å². The fraction of sp³-hybridized carbons (Fsp3) is 0.222. The maximum absolute atomic E-state index is 9.98. The summed E-state index contributed by atoms with van der Waals surface area (Å²) in [5, 5.41) is 9.98. The molecule has 0 bridgehead atoms. The molecule has 0 saturated carbocycles. The molecule has 2 aliphatic rings. The Morgan fingerprint density at radius 1 is 1.10 bits per heavy atom. The summed E-state index contributed by atoms with van der Waals surface area (Å²) in [6, 6.07) is 7.95. The number of allylic oxidation sites excluding steroid dienone is 8. The van der Waals surface area contributed by atoms with Crippen LogP contribution in [0.15, 0.2) is 66.5 Å². The van der Waals surface area contributed by atoms with Gasteiger partial charge in [0.25, 0.3) is 0 Å². The number of anilines is 1. The van der Waals surface area contributed by atoms with Gasteiger partial charge in [-0.3, -0.25) is 0 Å². The van der Waals surface area contributed by atoms with E-state index in [0.717, 1.165) is 18.5 Å². The number of aliphatic hydroxyl groups is 1. The van der Waals surface area contributed by atoms with Gasteiger partial charge in [0.1, 0.15) is 0 Å². The maximum Gasteiger partial charge on any atom is 0.0962 e. The van der Waals surface area contributed by atoms with Crippen LogP contribution in [0.25, 0.3) is 5.57 Å². The van der Waals surface area contributed by atoms with Gasteiger partial charge in [0.2, 0.25) is 0 Å². The van der Waals surface area contributed by atoms with Crippen molar-refractivity contribution in [2.24, 2.45) is 11.8 Å². The first-order valence-corrected chi connectivity index (χ1v) is 7.04. The molecule has 0 fully saturated rings. The SMILES string of the molecule is Nc1ccc(C2=CC[C@H](C3CC=CC=C3O)C=C2)cc1. The average Bonchev–Trinajstić information content (AvgIpc) is 2.49. The Morgan fingerprint density at radius 3 is 2.55 bits per heavy atom. The van der Waals surface area contributed by atoms with E-state index in [2.05, 4.69) is 24.3 Å². The Morgan fingerprint density at radius 2 is 1.90 bits per heavy atom. The summed E-state index contributed by atoms with van der Waals surface area (Å²) in [6.45, 7) is 0. The molecule has 2 aliphatic carbocycles. The predicted octanol–water partition coefficient (Wildman–Crippen LogP) is 4.25. The number of aliphatic hydroxyl groups excluding tert-OH is 1. The highest BCUT2D eigenvalue weighted by molar-refractivity contribution is 5.75. The average molecular weight is 265 g/mol. The molecular formula is C18H19NO. The van der Waals surface area contributed by atoms with Gasteiger partial charge in [-0.05, 0) is 48.1 Å². The van der Waals surface area contributed by atoms with Crippen LogP contribution in [0.1, 0.15) is 18.4 Å². The van der Waals surface area contributed by atoms with Gasteiger partial charge >= 0.3 is 0 Å². The molecule has 1 aromatic rings. The van der Waals surface area contributed by atoms with E-state index >= 15 is 0 Å². The van der Waals surface area contributed by atoms with Gasteiger partial charge < -0.3 is 10.8 Å². The summed E-state index contributed by atoms with van der Waals surface area (Å²) in [5.41, 5.74) is 8.93. The lowest BCUT2D eigenvalue weighted by Gasteiger charge is -2.26. The van der Waals surface area contributed by atoms with Crippen molar-refractivity contribution in [3.63, 3.8) is 0 Å². The fourth-order valence-corrected chi connectivity index (χ4v) is 2.86. The van der Waals surface area contributed by atoms with Crippen LogP contribution in [0.5, 0.6) is 0 Å². The normalized spacial score (nSPS) is 25.2. The van der Waals surface area contributed by atoms with Crippen LogP contribution in [-0.2, 0) is 0 Å². The smallest absolute Gasteiger partial charge is 0.0962 e. The van der Waals surface area contributed by atoms with Gasteiger partial charge in [0.15, 0.2) is 0 Å². The van der Waals surface area contributed by atoms with Crippen LogP contribution in [-0.4, -0.2) is 5.11 Å². The zero-order chi connectivity index (χ0) is 13.9. The second-order valence-electron chi connectivity index (χ2n) is 5.40. The molecule has 3 rings (SSSR count). The van der Waals surface area contributed by atoms with Crippen molar-refractivity contribution in [2.75, 3.05) is 5.73 Å². The van der Waals surface area contributed by atoms with Gasteiger partial charge in [-0.1, -0.05) is 42.5 Å². The van der Waals surface area contributed by atoms with E-state index in [1.807, 2.05) is 30.3 Å². The van der Waals surface area contributed by atoms with E-state index in [1.54, 1.807) is 6.08 Å². The predicted molar refractivity (Wildman–Crippen MR) is 84.0 cm³/mol. The van der Waals surface area contributed by atoms with Gasteiger partial charge in [-0.15, -0.1) is 0 Å². The molecule has 3 N–H and O–H groups in total. The van der Waals surface area contributed by atoms with Crippen molar-refractivity contribution in [3.8, 4) is 0 Å². The Hall–Kier alpha value is -2.22. The number of rotatable bonds is 2. The van der Waals surface area contributed by atoms with Crippen molar-refractivity contribution in [1.82, 2.24) is 0 Å². The molecule has 20 heavy (non-hydrogen) atoms. The maximum atomic E-state index is 9.98. The summed E-state index contributed by atoms with van der Waals surface area (Å²) < 4.78 is 0. The quantitative estimate of drug-likeness (QED) is 0.785. The van der Waals surface area contributed by atoms with Crippen LogP contribution in [0.2, 0.25) is 0 Å². The standard InChI is InChI=1S/C18H19NO/c19-16-11-9-14(10-12-16)13-5-7-15(8-6-13)17-3-1-2-4-18(17)20/h1-2,4-7,9-12,15,17,20H,3,8,19H2/t15-,17?/m1/s1. The monoisotopic (exact) mass is 265 g/mol. The highest BCUT2D eigenvalue weighted by Gasteiger charge is 2.24. The number of benzene rings is 1. The molecule has 1 unspecified atom stereocenters. The topological polar surface area (TPSA) is 46.2 Å². The molecule has 0 aromatic heterocycles. The number of hydrogen-bond acceptors (Lipinski definition) is 2. The highest BCUT2D eigenvalue weighted by Crippen LogP contribution is 2.34. The van der Waals surface area contributed by atoms with E-state index in [9.17, 15) is 5.11 Å². The van der Waals surface area contributed by atoms with E-state index in [1.165, 1.54) is 11.1 Å². The summed E-state index contributed by atoms with van der Waals surface area (Å²) in [4.78, 5) is 0. The summed E-state index contributed by atoms with van der Waals surface area (Å²) in [6.07, 6.45) is 14.4. The molecule has 0 radical (unpaired) electrons. The lowest BCUT2D eigenvalue weighted by atomic mass is 9.80. The van der Waals surface area contributed by atoms with Gasteiger partial charge in [0, 0.05) is 11.6 Å². The first-order valence-electron chi connectivity index (χ1n) is 7.04. The molecule has 0 spiro atoms. The van der Waals surface area contributed by atoms with E-state index < -0.39 is 0 Å². The van der Waals surface area contributed by atoms with Gasteiger partial charge in [-0.2, -0.15) is 0 Å². The summed E-state index contributed by atoms with van der Waals surface area (Å²) in [5.74, 6) is 1.11. The Balaban J connectivity index is 1.73. The fourth-order valence-electron chi connectivity index (χ4n) is 2.86. The molecule has 102 valence electrons. The van der Waals surface area contributed by atoms with Crippen LogP contribution in [0, 0.1) is 11.8 Å². The molecule has 2 nitrogen and oxygen atoms in total. The van der Waals surface area contributed by atoms with Gasteiger partial charge in [-0.25, -0.2) is 0 Å². The third-order valence-corrected chi connectivity index (χ3v) is 4.07. The second kappa shape index (κ2) is 5.41. The van der Waals surface area contributed by atoms with Crippen molar-refractivity contribution in [2.45, 2.75) is 12.8 Å². The Kier molecular flexibility index (Phi) is 3.46. The molecule has 0 amide bonds. The van der Waals surface area contributed by atoms with Crippen LogP contribution >= 0.6 is 0 Å². The Labute approximate surface area is 119 Å². The molecule has 0 heterocycles. The first-order chi connectivity index (χ1) is 9.74. The van der Waals surface area contributed by atoms with Crippen molar-refractivity contribution in [1.29, 1.82) is 0 Å². The lowest BCUT2D eigenvalue weighted by molar-refractivity contribution is 0.285. The molecule has 1 aromatic carbocycles. The summed E-state index contributed by atoms with van der Waals surface area (Å²) >= 11 is 0. The van der Waals surface area contributed by atoms with Crippen LogP contribution < -0.4 is 5.73 Å². The molecular weight excluding hydrogens is 246 g/mol. The van der Waals surface area contributed by atoms with Crippen molar-refractivity contribution < 1.29 is 5.11 Å². The largest absolute Gasteiger partial charge is 0.512 e. The molecule has 0 saturated heterocycles. The minimum atomic E-state index is 0.223. The molecule has 0 aliphatic heterocycles. The van der Waals surface area contributed by atoms with E-state index in [0.29, 0.717) is 11.7 Å². The van der Waals surface area contributed by atoms with Crippen molar-refractivity contribution in [3.05, 3.63) is 72.0 Å². The number of nitrogen functional groups attached to an aromatic ring is 1. The summed E-state index contributed by atoms with van der Waals surface area (Å²) in [7, 11) is 0.